The van der Waals surface area contributed by atoms with Crippen LogP contribution in [0.25, 0.3) is 0 Å². The number of hydrogen-bond acceptors (Lipinski definition) is 4. The van der Waals surface area contributed by atoms with Crippen LogP contribution >= 0.6 is 11.6 Å². The van der Waals surface area contributed by atoms with Crippen LogP contribution in [0.1, 0.15) is 42.1 Å². The highest BCUT2D eigenvalue weighted by Gasteiger charge is 2.13. The van der Waals surface area contributed by atoms with Crippen molar-refractivity contribution < 1.29 is 19.1 Å². The minimum atomic E-state index is -0.258. The van der Waals surface area contributed by atoms with Crippen molar-refractivity contribution in [3.8, 4) is 11.5 Å². The highest BCUT2D eigenvalue weighted by molar-refractivity contribution is 6.31. The molecule has 0 bridgehead atoms. The van der Waals surface area contributed by atoms with E-state index in [9.17, 15) is 9.59 Å². The molecule has 0 radical (unpaired) electrons. The fourth-order valence-electron chi connectivity index (χ4n) is 2.47. The van der Waals surface area contributed by atoms with E-state index in [-0.39, 0.29) is 24.5 Å². The monoisotopic (exact) mass is 389 g/mol. The van der Waals surface area contributed by atoms with Gasteiger partial charge in [0.15, 0.2) is 5.78 Å². The number of halogens is 1. The SMILES string of the molecule is CCCOc1ccc(C(=O)CCC(=O)Nc2cc(C)c(Cl)cc2OC)cc1. The standard InChI is InChI=1S/C21H24ClNO4/c1-4-11-27-16-7-5-15(6-8-16)19(24)9-10-21(25)23-18-12-14(2)17(22)13-20(18)26-3/h5-8,12-13H,4,9-11H2,1-3H3,(H,23,25). The van der Waals surface area contributed by atoms with Gasteiger partial charge in [0.05, 0.1) is 19.4 Å². The average Bonchev–Trinajstić information content (AvgIpc) is 2.67. The summed E-state index contributed by atoms with van der Waals surface area (Å²) in [5.74, 6) is 0.863. The second kappa shape index (κ2) is 9.97. The molecule has 2 aromatic rings. The largest absolute Gasteiger partial charge is 0.495 e. The van der Waals surface area contributed by atoms with Crippen molar-refractivity contribution in [2.24, 2.45) is 0 Å². The molecule has 0 aliphatic heterocycles. The quantitative estimate of drug-likeness (QED) is 0.609. The van der Waals surface area contributed by atoms with Crippen LogP contribution in [-0.2, 0) is 4.79 Å². The predicted molar refractivity (Wildman–Crippen MR) is 107 cm³/mol. The van der Waals surface area contributed by atoms with Gasteiger partial charge in [-0.1, -0.05) is 18.5 Å². The summed E-state index contributed by atoms with van der Waals surface area (Å²) in [5.41, 5.74) is 1.93. The van der Waals surface area contributed by atoms with Gasteiger partial charge in [-0.25, -0.2) is 0 Å². The van der Waals surface area contributed by atoms with Crippen molar-refractivity contribution in [1.82, 2.24) is 0 Å². The lowest BCUT2D eigenvalue weighted by molar-refractivity contribution is -0.116. The van der Waals surface area contributed by atoms with Crippen LogP contribution in [0, 0.1) is 6.92 Å². The third kappa shape index (κ3) is 6.00. The predicted octanol–water partition coefficient (Wildman–Crippen LogP) is 5.05. The lowest BCUT2D eigenvalue weighted by Crippen LogP contribution is -2.14. The number of ketones is 1. The molecular formula is C21H24ClNO4. The molecule has 0 unspecified atom stereocenters. The Bertz CT molecular complexity index is 803. The summed E-state index contributed by atoms with van der Waals surface area (Å²) in [6.07, 6.45) is 1.13. The maximum Gasteiger partial charge on any atom is 0.224 e. The minimum absolute atomic E-state index is 0.0811. The average molecular weight is 390 g/mol. The van der Waals surface area contributed by atoms with Crippen LogP contribution in [0.4, 0.5) is 5.69 Å². The molecule has 2 aromatic carbocycles. The number of Topliss-reactive ketones (excluding diaryl/α,β-unsaturated/α-hetero) is 1. The molecule has 0 aliphatic rings. The van der Waals surface area contributed by atoms with Crippen LogP contribution in [-0.4, -0.2) is 25.4 Å². The van der Waals surface area contributed by atoms with Gasteiger partial charge in [-0.3, -0.25) is 9.59 Å². The molecular weight excluding hydrogens is 366 g/mol. The number of hydrogen-bond donors (Lipinski definition) is 1. The van der Waals surface area contributed by atoms with Crippen LogP contribution in [0.3, 0.4) is 0 Å². The Balaban J connectivity index is 1.91. The Hall–Kier alpha value is -2.53. The number of anilines is 1. The van der Waals surface area contributed by atoms with Crippen LogP contribution in [0.2, 0.25) is 5.02 Å². The molecule has 0 heterocycles. The Morgan fingerprint density at radius 3 is 2.44 bits per heavy atom. The van der Waals surface area contributed by atoms with Crippen LogP contribution in [0.15, 0.2) is 36.4 Å². The van der Waals surface area contributed by atoms with E-state index in [2.05, 4.69) is 5.32 Å². The molecule has 0 saturated carbocycles. The third-order valence-electron chi connectivity index (χ3n) is 3.98. The summed E-state index contributed by atoms with van der Waals surface area (Å²) in [6.45, 7) is 4.51. The van der Waals surface area contributed by atoms with E-state index in [1.165, 1.54) is 7.11 Å². The molecule has 0 fully saturated rings. The van der Waals surface area contributed by atoms with Crippen molar-refractivity contribution in [3.63, 3.8) is 0 Å². The zero-order chi connectivity index (χ0) is 19.8. The van der Waals surface area contributed by atoms with Gasteiger partial charge in [0.2, 0.25) is 5.91 Å². The number of methoxy groups -OCH3 is 1. The Morgan fingerprint density at radius 2 is 1.81 bits per heavy atom. The second-order valence-corrected chi connectivity index (χ2v) is 6.55. The van der Waals surface area contributed by atoms with Crippen molar-refractivity contribution >= 4 is 29.0 Å². The lowest BCUT2D eigenvalue weighted by atomic mass is 10.1. The van der Waals surface area contributed by atoms with Gasteiger partial charge in [-0.2, -0.15) is 0 Å². The number of carbonyl (C=O) groups excluding carboxylic acids is 2. The molecule has 1 amide bonds. The van der Waals surface area contributed by atoms with E-state index in [0.717, 1.165) is 17.7 Å². The van der Waals surface area contributed by atoms with Gasteiger partial charge in [-0.15, -0.1) is 0 Å². The van der Waals surface area contributed by atoms with Crippen molar-refractivity contribution in [3.05, 3.63) is 52.5 Å². The Labute approximate surface area is 164 Å². The second-order valence-electron chi connectivity index (χ2n) is 6.15. The van der Waals surface area contributed by atoms with Gasteiger partial charge >= 0.3 is 0 Å². The maximum atomic E-state index is 12.3. The smallest absolute Gasteiger partial charge is 0.224 e. The normalized spacial score (nSPS) is 10.4. The van der Waals surface area contributed by atoms with E-state index < -0.39 is 0 Å². The Kier molecular flexibility index (Phi) is 7.67. The molecule has 0 saturated heterocycles. The fourth-order valence-corrected chi connectivity index (χ4v) is 2.62. The van der Waals surface area contributed by atoms with E-state index in [1.807, 2.05) is 13.8 Å². The van der Waals surface area contributed by atoms with Crippen LogP contribution < -0.4 is 14.8 Å². The highest BCUT2D eigenvalue weighted by atomic mass is 35.5. The first-order valence-electron chi connectivity index (χ1n) is 8.84. The van der Waals surface area contributed by atoms with E-state index in [0.29, 0.717) is 28.6 Å². The van der Waals surface area contributed by atoms with Crippen molar-refractivity contribution in [1.29, 1.82) is 0 Å². The zero-order valence-electron chi connectivity index (χ0n) is 15.8. The summed E-state index contributed by atoms with van der Waals surface area (Å²) >= 11 is 6.06. The maximum absolute atomic E-state index is 12.3. The lowest BCUT2D eigenvalue weighted by Gasteiger charge is -2.12. The number of aryl methyl sites for hydroxylation is 1. The number of nitrogens with one attached hydrogen (secondary N) is 1. The number of amides is 1. The van der Waals surface area contributed by atoms with Crippen molar-refractivity contribution in [2.45, 2.75) is 33.1 Å². The zero-order valence-corrected chi connectivity index (χ0v) is 16.6. The topological polar surface area (TPSA) is 64.6 Å². The van der Waals surface area contributed by atoms with Crippen molar-refractivity contribution in [2.75, 3.05) is 19.0 Å². The van der Waals surface area contributed by atoms with Gasteiger partial charge in [-0.05, 0) is 49.2 Å². The molecule has 0 atom stereocenters. The fraction of sp³-hybridized carbons (Fsp3) is 0.333. The number of rotatable bonds is 9. The first kappa shape index (κ1) is 20.8. The number of carbonyl (C=O) groups is 2. The molecule has 5 nitrogen and oxygen atoms in total. The molecule has 27 heavy (non-hydrogen) atoms. The molecule has 0 aliphatic carbocycles. The molecule has 144 valence electrons. The summed E-state index contributed by atoms with van der Waals surface area (Å²) < 4.78 is 10.7. The summed E-state index contributed by atoms with van der Waals surface area (Å²) in [7, 11) is 1.51. The number of ether oxygens (including phenoxy) is 2. The molecule has 6 heteroatoms. The third-order valence-corrected chi connectivity index (χ3v) is 4.39. The van der Waals surface area contributed by atoms with E-state index in [1.54, 1.807) is 36.4 Å². The summed E-state index contributed by atoms with van der Waals surface area (Å²) in [5, 5.41) is 3.34. The summed E-state index contributed by atoms with van der Waals surface area (Å²) in [6, 6.07) is 10.4. The van der Waals surface area contributed by atoms with Gasteiger partial charge < -0.3 is 14.8 Å². The first-order chi connectivity index (χ1) is 12.9. The van der Waals surface area contributed by atoms with Gasteiger partial charge in [0.25, 0.3) is 0 Å². The van der Waals surface area contributed by atoms with Gasteiger partial charge in [0, 0.05) is 29.5 Å². The first-order valence-corrected chi connectivity index (χ1v) is 9.22. The van der Waals surface area contributed by atoms with Gasteiger partial charge in [0.1, 0.15) is 11.5 Å². The Morgan fingerprint density at radius 1 is 1.11 bits per heavy atom. The highest BCUT2D eigenvalue weighted by Crippen LogP contribution is 2.31. The molecule has 1 N–H and O–H groups in total. The number of benzene rings is 2. The van der Waals surface area contributed by atoms with E-state index in [4.69, 9.17) is 21.1 Å². The molecule has 0 spiro atoms. The molecule has 0 aromatic heterocycles. The minimum Gasteiger partial charge on any atom is -0.495 e. The van der Waals surface area contributed by atoms with Crippen LogP contribution in [0.5, 0.6) is 11.5 Å². The molecule has 2 rings (SSSR count). The summed E-state index contributed by atoms with van der Waals surface area (Å²) in [4.78, 5) is 24.5. The van der Waals surface area contributed by atoms with E-state index >= 15 is 0 Å².